The molecule has 1 saturated carbocycles. The minimum absolute atomic E-state index is 0.0221. The third kappa shape index (κ3) is 7.89. The molecule has 1 aliphatic heterocycles. The Labute approximate surface area is 291 Å². The van der Waals surface area contributed by atoms with Gasteiger partial charge in [-0.05, 0) is 84.8 Å². The first-order chi connectivity index (χ1) is 24.3. The van der Waals surface area contributed by atoms with Gasteiger partial charge in [0, 0.05) is 55.6 Å². The zero-order valence-electron chi connectivity index (χ0n) is 27.1. The Morgan fingerprint density at radius 1 is 0.900 bits per heavy atom. The Balaban J connectivity index is 0.992. The molecule has 7 rings (SSSR count). The lowest BCUT2D eigenvalue weighted by Gasteiger charge is -2.29. The highest BCUT2D eigenvalue weighted by Crippen LogP contribution is 2.33. The van der Waals surface area contributed by atoms with Gasteiger partial charge in [0.25, 0.3) is 11.8 Å². The summed E-state index contributed by atoms with van der Waals surface area (Å²) in [5.41, 5.74) is 3.47. The molecule has 10 nitrogen and oxygen atoms in total. The molecule has 258 valence electrons. The van der Waals surface area contributed by atoms with E-state index >= 15 is 0 Å². The minimum Gasteiger partial charge on any atom is -0.508 e. The molecule has 0 bridgehead atoms. The van der Waals surface area contributed by atoms with E-state index in [9.17, 15) is 23.5 Å². The number of pyridine rings is 2. The normalized spacial score (nSPS) is 18.1. The van der Waals surface area contributed by atoms with Crippen molar-refractivity contribution in [1.29, 1.82) is 0 Å². The van der Waals surface area contributed by atoms with Crippen molar-refractivity contribution in [1.82, 2.24) is 29.9 Å². The van der Waals surface area contributed by atoms with Crippen molar-refractivity contribution in [3.05, 3.63) is 108 Å². The van der Waals surface area contributed by atoms with Crippen LogP contribution in [0.3, 0.4) is 0 Å². The molecule has 1 aliphatic carbocycles. The van der Waals surface area contributed by atoms with Gasteiger partial charge < -0.3 is 24.9 Å². The number of phenolic OH excluding ortho intramolecular Hbond substituents is 1. The van der Waals surface area contributed by atoms with E-state index in [-0.39, 0.29) is 40.9 Å². The number of nitrogens with one attached hydrogen (secondary N) is 2. The summed E-state index contributed by atoms with van der Waals surface area (Å²) in [4.78, 5) is 37.0. The van der Waals surface area contributed by atoms with Gasteiger partial charge in [0.05, 0.1) is 6.20 Å². The smallest absolute Gasteiger partial charge is 0.271 e. The van der Waals surface area contributed by atoms with E-state index in [1.54, 1.807) is 18.2 Å². The number of carbonyl (C=O) groups excluding carboxylic acids is 2. The van der Waals surface area contributed by atoms with Crippen molar-refractivity contribution < 1.29 is 28.2 Å². The summed E-state index contributed by atoms with van der Waals surface area (Å²) in [7, 11) is 0. The predicted octanol–water partition coefficient (Wildman–Crippen LogP) is 6.19. The number of rotatable bonds is 9. The van der Waals surface area contributed by atoms with E-state index in [1.807, 2.05) is 36.0 Å². The molecular weight excluding hydrogens is 663 g/mol. The first-order valence-corrected chi connectivity index (χ1v) is 17.7. The number of amides is 2. The lowest BCUT2D eigenvalue weighted by atomic mass is 9.91. The predicted molar refractivity (Wildman–Crippen MR) is 187 cm³/mol. The zero-order valence-corrected chi connectivity index (χ0v) is 28.0. The largest absolute Gasteiger partial charge is 0.508 e. The fourth-order valence-electron chi connectivity index (χ4n) is 6.48. The van der Waals surface area contributed by atoms with Crippen LogP contribution in [0.1, 0.15) is 52.1 Å². The molecule has 0 spiro atoms. The monoisotopic (exact) mass is 698 g/mol. The van der Waals surface area contributed by atoms with E-state index in [0.717, 1.165) is 53.5 Å². The highest BCUT2D eigenvalue weighted by Gasteiger charge is 2.27. The molecule has 0 unspecified atom stereocenters. The van der Waals surface area contributed by atoms with Crippen LogP contribution in [0.2, 0.25) is 0 Å². The van der Waals surface area contributed by atoms with Crippen LogP contribution < -0.4 is 15.4 Å². The number of imidazole rings is 1. The molecule has 50 heavy (non-hydrogen) atoms. The number of aromatic hydroxyl groups is 1. The number of ether oxygens (including phenoxy) is 1. The average molecular weight is 699 g/mol. The summed E-state index contributed by atoms with van der Waals surface area (Å²) >= 11 is 1.94. The molecule has 3 N–H and O–H groups in total. The van der Waals surface area contributed by atoms with E-state index in [2.05, 4.69) is 25.5 Å². The van der Waals surface area contributed by atoms with Crippen molar-refractivity contribution in [2.45, 2.75) is 44.3 Å². The summed E-state index contributed by atoms with van der Waals surface area (Å²) in [6.45, 7) is 2.67. The van der Waals surface area contributed by atoms with Crippen LogP contribution in [0.4, 0.5) is 8.78 Å². The fourth-order valence-corrected chi connectivity index (χ4v) is 7.46. The molecule has 4 heterocycles. The molecule has 2 fully saturated rings. The Bertz CT molecular complexity index is 2030. The molecule has 5 aromatic rings. The van der Waals surface area contributed by atoms with Gasteiger partial charge in [0.1, 0.15) is 40.0 Å². The summed E-state index contributed by atoms with van der Waals surface area (Å²) in [5.74, 6) is 0.819. The van der Waals surface area contributed by atoms with Gasteiger partial charge in [0.2, 0.25) is 5.88 Å². The number of benzene rings is 2. The van der Waals surface area contributed by atoms with Gasteiger partial charge in [-0.1, -0.05) is 18.2 Å². The minimum atomic E-state index is -0.665. The van der Waals surface area contributed by atoms with Gasteiger partial charge >= 0.3 is 0 Å². The van der Waals surface area contributed by atoms with Crippen LogP contribution in [0.15, 0.2) is 79.3 Å². The number of phenols is 1. The van der Waals surface area contributed by atoms with Gasteiger partial charge in [-0.2, -0.15) is 11.8 Å². The zero-order chi connectivity index (χ0) is 34.6. The molecule has 2 aromatic carbocycles. The number of hydrogen-bond acceptors (Lipinski definition) is 8. The number of aromatic nitrogens is 3. The Morgan fingerprint density at radius 2 is 1.66 bits per heavy atom. The van der Waals surface area contributed by atoms with E-state index in [0.29, 0.717) is 43.6 Å². The number of fused-ring (bicyclic) bond motifs is 1. The molecular formula is C37H36F2N6O4S. The van der Waals surface area contributed by atoms with Crippen molar-refractivity contribution in [3.63, 3.8) is 0 Å². The summed E-state index contributed by atoms with van der Waals surface area (Å²) < 4.78 is 35.5. The van der Waals surface area contributed by atoms with Crippen LogP contribution in [-0.2, 0) is 6.54 Å². The lowest BCUT2D eigenvalue weighted by Crippen LogP contribution is -2.44. The number of halogens is 2. The second kappa shape index (κ2) is 14.9. The average Bonchev–Trinajstić information content (AvgIpc) is 3.54. The highest BCUT2D eigenvalue weighted by atomic mass is 32.2. The maximum atomic E-state index is 14.4. The first-order valence-electron chi connectivity index (χ1n) is 16.6. The van der Waals surface area contributed by atoms with Crippen molar-refractivity contribution in [2.75, 3.05) is 24.6 Å². The van der Waals surface area contributed by atoms with Crippen molar-refractivity contribution >= 4 is 29.2 Å². The summed E-state index contributed by atoms with van der Waals surface area (Å²) in [5, 5.41) is 16.2. The van der Waals surface area contributed by atoms with Crippen LogP contribution in [0.25, 0.3) is 16.8 Å². The van der Waals surface area contributed by atoms with E-state index in [1.165, 1.54) is 28.9 Å². The standard InChI is InChI=1S/C37H36F2N6O4S/c38-25-4-11-34-43-33(22-45(34)21-25)36(48)42-28-7-5-27(6-8-28)41-35(47)32-18-26(39)19-40-37(32)49-30-3-1-2-23(17-30)31-10-9-29(46)16-24(31)20-44-12-14-50-15-13-44/h1-4,9-11,16-19,21-22,27-28,46H,5-8,12-15,20H2,(H,41,47)(H,42,48). The summed E-state index contributed by atoms with van der Waals surface area (Å²) in [6.07, 6.45) is 6.19. The molecule has 0 radical (unpaired) electrons. The maximum Gasteiger partial charge on any atom is 0.271 e. The third-order valence-electron chi connectivity index (χ3n) is 9.05. The molecule has 2 amide bonds. The second-order valence-electron chi connectivity index (χ2n) is 12.6. The Kier molecular flexibility index (Phi) is 9.95. The van der Waals surface area contributed by atoms with E-state index < -0.39 is 17.5 Å². The molecule has 0 atom stereocenters. The molecule has 13 heteroatoms. The molecule has 2 aliphatic rings. The van der Waals surface area contributed by atoms with Crippen LogP contribution in [-0.4, -0.2) is 72.9 Å². The van der Waals surface area contributed by atoms with Gasteiger partial charge in [-0.3, -0.25) is 14.5 Å². The fraction of sp³-hybridized carbons (Fsp3) is 0.297. The van der Waals surface area contributed by atoms with E-state index in [4.69, 9.17) is 4.74 Å². The lowest BCUT2D eigenvalue weighted by molar-refractivity contribution is 0.0888. The van der Waals surface area contributed by atoms with Gasteiger partial charge in [-0.25, -0.2) is 18.7 Å². The number of nitrogens with zero attached hydrogens (tertiary/aromatic N) is 4. The molecule has 3 aromatic heterocycles. The Morgan fingerprint density at radius 3 is 2.44 bits per heavy atom. The maximum absolute atomic E-state index is 14.4. The van der Waals surface area contributed by atoms with Gasteiger partial charge in [0.15, 0.2) is 0 Å². The SMILES string of the molecule is O=C(NC1CCC(NC(=O)c2cc(F)cnc2Oc2cccc(-c3ccc(O)cc3CN3CCSCC3)c2)CC1)c1cn2cc(F)ccc2n1. The summed E-state index contributed by atoms with van der Waals surface area (Å²) in [6, 6.07) is 16.3. The van der Waals surface area contributed by atoms with Crippen molar-refractivity contribution in [3.8, 4) is 28.5 Å². The number of thioether (sulfide) groups is 1. The Hall–Kier alpha value is -5.01. The number of carbonyl (C=O) groups is 2. The number of hydrogen-bond donors (Lipinski definition) is 3. The van der Waals surface area contributed by atoms with Gasteiger partial charge in [-0.15, -0.1) is 0 Å². The molecule has 1 saturated heterocycles. The van der Waals surface area contributed by atoms with Crippen molar-refractivity contribution in [2.24, 2.45) is 0 Å². The van der Waals surface area contributed by atoms with Crippen LogP contribution in [0.5, 0.6) is 17.4 Å². The van der Waals surface area contributed by atoms with Crippen LogP contribution >= 0.6 is 11.8 Å². The topological polar surface area (TPSA) is 121 Å². The highest BCUT2D eigenvalue weighted by molar-refractivity contribution is 7.99. The second-order valence-corrected chi connectivity index (χ2v) is 13.8. The van der Waals surface area contributed by atoms with Crippen LogP contribution in [0, 0.1) is 11.6 Å². The quantitative estimate of drug-likeness (QED) is 0.167. The first kappa shape index (κ1) is 33.5. The third-order valence-corrected chi connectivity index (χ3v) is 10.00.